The summed E-state index contributed by atoms with van der Waals surface area (Å²) in [7, 11) is 0. The molecule has 31 heavy (non-hydrogen) atoms. The van der Waals surface area contributed by atoms with Crippen molar-refractivity contribution in [2.45, 2.75) is 0 Å². The van der Waals surface area contributed by atoms with Gasteiger partial charge >= 0.3 is 0 Å². The molecule has 2 aromatic carbocycles. The Morgan fingerprint density at radius 3 is 2.42 bits per heavy atom. The third kappa shape index (κ3) is 4.91. The molecule has 2 amide bonds. The van der Waals surface area contributed by atoms with E-state index in [0.717, 1.165) is 5.69 Å². The number of para-hydroxylation sites is 1. The lowest BCUT2D eigenvalue weighted by Crippen LogP contribution is -2.19. The fourth-order valence-electron chi connectivity index (χ4n) is 2.83. The summed E-state index contributed by atoms with van der Waals surface area (Å²) in [5.41, 5.74) is 2.30. The van der Waals surface area contributed by atoms with Crippen molar-refractivity contribution in [2.75, 3.05) is 15.7 Å². The van der Waals surface area contributed by atoms with Gasteiger partial charge in [-0.2, -0.15) is 5.06 Å². The SMILES string of the molecule is O=C(Nc1ccccc1C(=O)Nc1ccc(N2C=CC=CO2)cc1)c1ccc(Cl)cn1. The zero-order chi connectivity index (χ0) is 21.6. The van der Waals surface area contributed by atoms with Crippen LogP contribution in [0.1, 0.15) is 20.8 Å². The summed E-state index contributed by atoms with van der Waals surface area (Å²) in [6.45, 7) is 0. The van der Waals surface area contributed by atoms with Crippen molar-refractivity contribution in [3.63, 3.8) is 0 Å². The van der Waals surface area contributed by atoms with Gasteiger partial charge in [-0.05, 0) is 60.7 Å². The van der Waals surface area contributed by atoms with Crippen molar-refractivity contribution in [3.05, 3.63) is 108 Å². The average Bonchev–Trinajstić information content (AvgIpc) is 2.81. The van der Waals surface area contributed by atoms with E-state index in [4.69, 9.17) is 16.4 Å². The molecule has 7 nitrogen and oxygen atoms in total. The first-order valence-corrected chi connectivity index (χ1v) is 9.71. The van der Waals surface area contributed by atoms with Crippen LogP contribution in [0.15, 0.2) is 91.5 Å². The first kappa shape index (κ1) is 20.2. The fraction of sp³-hybridized carbons (Fsp3) is 0. The number of hydroxylamine groups is 1. The highest BCUT2D eigenvalue weighted by atomic mass is 35.5. The molecule has 0 bridgehead atoms. The Hall–Kier alpha value is -4.10. The second-order valence-electron chi connectivity index (χ2n) is 6.46. The van der Waals surface area contributed by atoms with Crippen LogP contribution in [-0.2, 0) is 4.84 Å². The molecule has 0 aliphatic carbocycles. The predicted octanol–water partition coefficient (Wildman–Crippen LogP) is 5.02. The molecular formula is C23H17ClN4O3. The van der Waals surface area contributed by atoms with E-state index in [2.05, 4.69) is 15.6 Å². The predicted molar refractivity (Wildman–Crippen MR) is 120 cm³/mol. The van der Waals surface area contributed by atoms with Crippen molar-refractivity contribution in [1.29, 1.82) is 0 Å². The maximum atomic E-state index is 12.8. The van der Waals surface area contributed by atoms with Gasteiger partial charge in [0, 0.05) is 18.1 Å². The van der Waals surface area contributed by atoms with Gasteiger partial charge in [0.05, 0.1) is 22.0 Å². The molecule has 0 fully saturated rings. The molecule has 1 aliphatic rings. The summed E-state index contributed by atoms with van der Waals surface area (Å²) in [5.74, 6) is -0.797. The number of amides is 2. The lowest BCUT2D eigenvalue weighted by atomic mass is 10.1. The van der Waals surface area contributed by atoms with Gasteiger partial charge in [0.1, 0.15) is 12.0 Å². The van der Waals surface area contributed by atoms with Crippen molar-refractivity contribution in [2.24, 2.45) is 0 Å². The van der Waals surface area contributed by atoms with Crippen LogP contribution in [0.2, 0.25) is 5.02 Å². The average molecular weight is 433 g/mol. The number of carbonyl (C=O) groups excluding carboxylic acids is 2. The smallest absolute Gasteiger partial charge is 0.274 e. The molecule has 2 N–H and O–H groups in total. The van der Waals surface area contributed by atoms with Crippen LogP contribution in [0.3, 0.4) is 0 Å². The first-order valence-electron chi connectivity index (χ1n) is 9.33. The quantitative estimate of drug-likeness (QED) is 0.591. The summed E-state index contributed by atoms with van der Waals surface area (Å²) in [6.07, 6.45) is 8.37. The Kier molecular flexibility index (Phi) is 5.96. The minimum absolute atomic E-state index is 0.194. The van der Waals surface area contributed by atoms with E-state index in [1.165, 1.54) is 12.3 Å². The molecule has 0 unspecified atom stereocenters. The van der Waals surface area contributed by atoms with Crippen LogP contribution >= 0.6 is 11.6 Å². The molecule has 1 aliphatic heterocycles. The zero-order valence-electron chi connectivity index (χ0n) is 16.2. The number of rotatable bonds is 5. The number of benzene rings is 2. The molecule has 154 valence electrons. The van der Waals surface area contributed by atoms with Crippen LogP contribution in [0.5, 0.6) is 0 Å². The van der Waals surface area contributed by atoms with Gasteiger partial charge in [-0.1, -0.05) is 23.7 Å². The molecule has 4 rings (SSSR count). The number of aromatic nitrogens is 1. The van der Waals surface area contributed by atoms with Crippen molar-refractivity contribution < 1.29 is 14.4 Å². The van der Waals surface area contributed by atoms with Crippen LogP contribution in [0.25, 0.3) is 0 Å². The van der Waals surface area contributed by atoms with Gasteiger partial charge < -0.3 is 15.5 Å². The second-order valence-corrected chi connectivity index (χ2v) is 6.90. The Labute approximate surface area is 183 Å². The number of hydrogen-bond acceptors (Lipinski definition) is 5. The molecule has 0 radical (unpaired) electrons. The molecule has 3 aromatic rings. The maximum absolute atomic E-state index is 12.8. The van der Waals surface area contributed by atoms with Crippen molar-refractivity contribution in [3.8, 4) is 0 Å². The van der Waals surface area contributed by atoms with E-state index < -0.39 is 5.91 Å². The highest BCUT2D eigenvalue weighted by Gasteiger charge is 2.15. The van der Waals surface area contributed by atoms with Gasteiger partial charge in [-0.15, -0.1) is 0 Å². The number of anilines is 3. The number of carbonyl (C=O) groups is 2. The van der Waals surface area contributed by atoms with Crippen molar-refractivity contribution >= 4 is 40.5 Å². The molecule has 0 spiro atoms. The number of pyridine rings is 1. The van der Waals surface area contributed by atoms with E-state index in [9.17, 15) is 9.59 Å². The van der Waals surface area contributed by atoms with Gasteiger partial charge in [0.25, 0.3) is 11.8 Å². The van der Waals surface area contributed by atoms with Gasteiger partial charge in [-0.25, -0.2) is 4.98 Å². The monoisotopic (exact) mass is 432 g/mol. The summed E-state index contributed by atoms with van der Waals surface area (Å²) in [4.78, 5) is 34.7. The van der Waals surface area contributed by atoms with Crippen LogP contribution in [0.4, 0.5) is 17.1 Å². The van der Waals surface area contributed by atoms with Gasteiger partial charge in [0.15, 0.2) is 0 Å². The fourth-order valence-corrected chi connectivity index (χ4v) is 2.94. The molecule has 8 heteroatoms. The number of nitrogens with zero attached hydrogens (tertiary/aromatic N) is 2. The zero-order valence-corrected chi connectivity index (χ0v) is 16.9. The largest absolute Gasteiger partial charge is 0.383 e. The highest BCUT2D eigenvalue weighted by Crippen LogP contribution is 2.22. The molecule has 0 atom stereocenters. The molecular weight excluding hydrogens is 416 g/mol. The minimum atomic E-state index is -0.440. The minimum Gasteiger partial charge on any atom is -0.383 e. The lowest BCUT2D eigenvalue weighted by molar-refractivity contribution is 0.102. The standard InChI is InChI=1S/C23H17ClN4O3/c24-16-7-12-21(25-15-16)23(30)27-20-6-2-1-5-19(20)22(29)26-17-8-10-18(11-9-17)28-13-3-4-14-31-28/h1-15H,(H,26,29)(H,27,30). The molecule has 1 aromatic heterocycles. The van der Waals surface area contributed by atoms with Crippen LogP contribution in [0, 0.1) is 0 Å². The van der Waals surface area contributed by atoms with E-state index >= 15 is 0 Å². The summed E-state index contributed by atoms with van der Waals surface area (Å²) in [5, 5.41) is 7.59. The van der Waals surface area contributed by atoms with E-state index in [1.54, 1.807) is 66.1 Å². The lowest BCUT2D eigenvalue weighted by Gasteiger charge is -2.20. The highest BCUT2D eigenvalue weighted by molar-refractivity contribution is 6.30. The Morgan fingerprint density at radius 1 is 0.903 bits per heavy atom. The molecule has 0 saturated heterocycles. The number of hydrogen-bond donors (Lipinski definition) is 2. The van der Waals surface area contributed by atoms with Gasteiger partial charge in [-0.3, -0.25) is 9.59 Å². The normalized spacial score (nSPS) is 12.2. The Bertz CT molecular complexity index is 1160. The van der Waals surface area contributed by atoms with E-state index in [0.29, 0.717) is 22.0 Å². The summed E-state index contributed by atoms with van der Waals surface area (Å²) in [6, 6.07) is 17.0. The molecule has 2 heterocycles. The Morgan fingerprint density at radius 2 is 1.71 bits per heavy atom. The number of nitrogens with one attached hydrogen (secondary N) is 2. The molecule has 0 saturated carbocycles. The third-order valence-electron chi connectivity index (χ3n) is 4.35. The van der Waals surface area contributed by atoms with E-state index in [-0.39, 0.29) is 11.6 Å². The first-order chi connectivity index (χ1) is 15.1. The topological polar surface area (TPSA) is 83.6 Å². The van der Waals surface area contributed by atoms with Gasteiger partial charge in [0.2, 0.25) is 0 Å². The Balaban J connectivity index is 1.46. The summed E-state index contributed by atoms with van der Waals surface area (Å²) < 4.78 is 0. The number of halogens is 1. The van der Waals surface area contributed by atoms with Crippen LogP contribution in [-0.4, -0.2) is 16.8 Å². The van der Waals surface area contributed by atoms with Crippen LogP contribution < -0.4 is 15.7 Å². The second kappa shape index (κ2) is 9.15. The van der Waals surface area contributed by atoms with Crippen molar-refractivity contribution in [1.82, 2.24) is 4.98 Å². The number of allylic oxidation sites excluding steroid dienone is 2. The van der Waals surface area contributed by atoms with E-state index in [1.807, 2.05) is 18.2 Å². The maximum Gasteiger partial charge on any atom is 0.274 e. The third-order valence-corrected chi connectivity index (χ3v) is 4.57. The summed E-state index contributed by atoms with van der Waals surface area (Å²) >= 11 is 5.81.